The van der Waals surface area contributed by atoms with Gasteiger partial charge in [-0.25, -0.2) is 4.79 Å². The molecule has 4 nitrogen and oxygen atoms in total. The molecule has 19 heavy (non-hydrogen) atoms. The van der Waals surface area contributed by atoms with E-state index in [0.717, 1.165) is 5.56 Å². The van der Waals surface area contributed by atoms with Crippen LogP contribution in [0.2, 0.25) is 0 Å². The van der Waals surface area contributed by atoms with Crippen molar-refractivity contribution in [2.24, 2.45) is 0 Å². The first-order valence-electron chi connectivity index (χ1n) is 6.34. The number of carbonyl (C=O) groups is 1. The fourth-order valence-electron chi connectivity index (χ4n) is 1.76. The summed E-state index contributed by atoms with van der Waals surface area (Å²) in [4.78, 5) is 11.6. The maximum absolute atomic E-state index is 11.6. The minimum Gasteiger partial charge on any atom is -0.496 e. The summed E-state index contributed by atoms with van der Waals surface area (Å²) in [5.41, 5.74) is 1.38. The van der Waals surface area contributed by atoms with Crippen molar-refractivity contribution < 1.29 is 19.4 Å². The van der Waals surface area contributed by atoms with Crippen molar-refractivity contribution in [1.82, 2.24) is 0 Å². The first kappa shape index (κ1) is 15.5. The lowest BCUT2D eigenvalue weighted by Gasteiger charge is -2.22. The predicted molar refractivity (Wildman–Crippen MR) is 73.3 cm³/mol. The van der Waals surface area contributed by atoms with Gasteiger partial charge in [0.2, 0.25) is 0 Å². The molecular weight excluding hydrogens is 244 g/mol. The lowest BCUT2D eigenvalue weighted by molar-refractivity contribution is -0.153. The Morgan fingerprint density at radius 2 is 2.00 bits per heavy atom. The van der Waals surface area contributed by atoms with Crippen LogP contribution >= 0.6 is 0 Å². The van der Waals surface area contributed by atoms with Gasteiger partial charge in [0, 0.05) is 5.56 Å². The molecule has 106 valence electrons. The van der Waals surface area contributed by atoms with E-state index in [1.165, 1.54) is 7.11 Å². The van der Waals surface area contributed by atoms with Gasteiger partial charge < -0.3 is 14.6 Å². The van der Waals surface area contributed by atoms with Crippen molar-refractivity contribution in [3.63, 3.8) is 0 Å². The van der Waals surface area contributed by atoms with Crippen molar-refractivity contribution in [3.8, 4) is 5.75 Å². The molecule has 0 fully saturated rings. The largest absolute Gasteiger partial charge is 0.496 e. The Morgan fingerprint density at radius 1 is 1.37 bits per heavy atom. The molecule has 1 unspecified atom stereocenters. The van der Waals surface area contributed by atoms with Crippen LogP contribution in [0.5, 0.6) is 5.75 Å². The van der Waals surface area contributed by atoms with Gasteiger partial charge in [0.15, 0.2) is 6.10 Å². The van der Waals surface area contributed by atoms with E-state index < -0.39 is 12.1 Å². The van der Waals surface area contributed by atoms with Crippen LogP contribution in [-0.2, 0) is 14.9 Å². The summed E-state index contributed by atoms with van der Waals surface area (Å²) in [5, 5.41) is 10.1. The SMILES string of the molecule is CCOC(=O)C(O)c1cc(C(C)(C)C)ccc1OC. The van der Waals surface area contributed by atoms with Gasteiger partial charge in [-0.05, 0) is 30.0 Å². The van der Waals surface area contributed by atoms with E-state index in [1.54, 1.807) is 19.1 Å². The first-order valence-corrected chi connectivity index (χ1v) is 6.34. The molecule has 0 saturated carbocycles. The molecule has 1 atom stereocenters. The number of carbonyl (C=O) groups excluding carboxylic acids is 1. The van der Waals surface area contributed by atoms with E-state index >= 15 is 0 Å². The normalized spacial score (nSPS) is 12.9. The van der Waals surface area contributed by atoms with Crippen molar-refractivity contribution in [2.45, 2.75) is 39.2 Å². The van der Waals surface area contributed by atoms with Crippen molar-refractivity contribution in [1.29, 1.82) is 0 Å². The summed E-state index contributed by atoms with van der Waals surface area (Å²) >= 11 is 0. The minimum atomic E-state index is -1.32. The smallest absolute Gasteiger partial charge is 0.339 e. The molecule has 1 aromatic rings. The third-order valence-electron chi connectivity index (χ3n) is 2.90. The Labute approximate surface area is 114 Å². The highest BCUT2D eigenvalue weighted by Gasteiger charge is 2.25. The van der Waals surface area contributed by atoms with E-state index in [1.807, 2.05) is 6.07 Å². The summed E-state index contributed by atoms with van der Waals surface area (Å²) in [6, 6.07) is 5.49. The Balaban J connectivity index is 3.19. The maximum Gasteiger partial charge on any atom is 0.339 e. The van der Waals surface area contributed by atoms with E-state index in [2.05, 4.69) is 20.8 Å². The van der Waals surface area contributed by atoms with Crippen LogP contribution in [0, 0.1) is 0 Å². The molecule has 1 rings (SSSR count). The average molecular weight is 266 g/mol. The second-order valence-corrected chi connectivity index (χ2v) is 5.36. The Kier molecular flexibility index (Phi) is 4.95. The zero-order valence-corrected chi connectivity index (χ0v) is 12.2. The third-order valence-corrected chi connectivity index (χ3v) is 2.90. The first-order chi connectivity index (χ1) is 8.81. The van der Waals surface area contributed by atoms with Crippen LogP contribution < -0.4 is 4.74 Å². The zero-order valence-electron chi connectivity index (χ0n) is 12.2. The van der Waals surface area contributed by atoms with Gasteiger partial charge in [-0.2, -0.15) is 0 Å². The lowest BCUT2D eigenvalue weighted by Crippen LogP contribution is -2.18. The molecule has 0 amide bonds. The number of rotatable bonds is 4. The number of hydrogen-bond donors (Lipinski definition) is 1. The van der Waals surface area contributed by atoms with Crippen molar-refractivity contribution in [2.75, 3.05) is 13.7 Å². The summed E-state index contributed by atoms with van der Waals surface area (Å²) in [6.45, 7) is 8.13. The molecule has 0 radical (unpaired) electrons. The van der Waals surface area contributed by atoms with Crippen LogP contribution in [0.1, 0.15) is 44.9 Å². The zero-order chi connectivity index (χ0) is 14.6. The van der Waals surface area contributed by atoms with E-state index in [4.69, 9.17) is 9.47 Å². The number of ether oxygens (including phenoxy) is 2. The number of benzene rings is 1. The molecule has 1 N–H and O–H groups in total. The molecule has 1 aromatic carbocycles. The van der Waals surface area contributed by atoms with Crippen LogP contribution in [0.15, 0.2) is 18.2 Å². The molecule has 0 aliphatic carbocycles. The fourth-order valence-corrected chi connectivity index (χ4v) is 1.76. The fraction of sp³-hybridized carbons (Fsp3) is 0.533. The summed E-state index contributed by atoms with van der Waals surface area (Å²) in [5.74, 6) is -0.180. The highest BCUT2D eigenvalue weighted by atomic mass is 16.5. The maximum atomic E-state index is 11.6. The Morgan fingerprint density at radius 3 is 2.47 bits per heavy atom. The van der Waals surface area contributed by atoms with Gasteiger partial charge in [0.1, 0.15) is 5.75 Å². The molecule has 0 aromatic heterocycles. The summed E-state index contributed by atoms with van der Waals surface area (Å²) in [7, 11) is 1.51. The predicted octanol–water partition coefficient (Wildman–Crippen LogP) is 2.59. The van der Waals surface area contributed by atoms with Crippen molar-refractivity contribution >= 4 is 5.97 Å². The van der Waals surface area contributed by atoms with Gasteiger partial charge in [-0.15, -0.1) is 0 Å². The minimum absolute atomic E-state index is 0.0740. The number of hydrogen-bond acceptors (Lipinski definition) is 4. The lowest BCUT2D eigenvalue weighted by atomic mass is 9.85. The summed E-state index contributed by atoms with van der Waals surface area (Å²) < 4.78 is 10.0. The number of aliphatic hydroxyl groups excluding tert-OH is 1. The van der Waals surface area contributed by atoms with Gasteiger partial charge in [0.05, 0.1) is 13.7 Å². The highest BCUT2D eigenvalue weighted by molar-refractivity contribution is 5.77. The van der Waals surface area contributed by atoms with Crippen LogP contribution in [0.25, 0.3) is 0 Å². The van der Waals surface area contributed by atoms with Gasteiger partial charge in [-0.3, -0.25) is 0 Å². The number of aliphatic hydroxyl groups is 1. The second-order valence-electron chi connectivity index (χ2n) is 5.36. The van der Waals surface area contributed by atoms with Gasteiger partial charge in [-0.1, -0.05) is 26.8 Å². The monoisotopic (exact) mass is 266 g/mol. The van der Waals surface area contributed by atoms with Crippen LogP contribution in [0.4, 0.5) is 0 Å². The molecule has 0 aliphatic rings. The summed E-state index contributed by atoms with van der Waals surface area (Å²) in [6.07, 6.45) is -1.32. The molecule has 0 heterocycles. The second kappa shape index (κ2) is 6.06. The van der Waals surface area contributed by atoms with E-state index in [9.17, 15) is 9.90 Å². The molecule has 0 aliphatic heterocycles. The van der Waals surface area contributed by atoms with Gasteiger partial charge in [0.25, 0.3) is 0 Å². The standard InChI is InChI=1S/C15H22O4/c1-6-19-14(17)13(16)11-9-10(15(2,3)4)7-8-12(11)18-5/h7-9,13,16H,6H2,1-5H3. The van der Waals surface area contributed by atoms with E-state index in [0.29, 0.717) is 11.3 Å². The topological polar surface area (TPSA) is 55.8 Å². The molecule has 0 bridgehead atoms. The number of esters is 1. The van der Waals surface area contributed by atoms with Crippen LogP contribution in [-0.4, -0.2) is 24.8 Å². The van der Waals surface area contributed by atoms with Crippen molar-refractivity contribution in [3.05, 3.63) is 29.3 Å². The third kappa shape index (κ3) is 3.70. The van der Waals surface area contributed by atoms with Gasteiger partial charge >= 0.3 is 5.97 Å². The molecular formula is C15H22O4. The Hall–Kier alpha value is -1.55. The molecule has 4 heteroatoms. The van der Waals surface area contributed by atoms with E-state index in [-0.39, 0.29) is 12.0 Å². The highest BCUT2D eigenvalue weighted by Crippen LogP contribution is 2.32. The number of methoxy groups -OCH3 is 1. The van der Waals surface area contributed by atoms with Crippen LogP contribution in [0.3, 0.4) is 0 Å². The quantitative estimate of drug-likeness (QED) is 0.851. The molecule has 0 saturated heterocycles. The Bertz CT molecular complexity index is 446. The molecule has 0 spiro atoms. The average Bonchev–Trinajstić information content (AvgIpc) is 2.36.